The fraction of sp³-hybridized carbons (Fsp3) is 0.643. The van der Waals surface area contributed by atoms with E-state index in [1.165, 1.54) is 0 Å². The summed E-state index contributed by atoms with van der Waals surface area (Å²) in [5, 5.41) is 0. The maximum absolute atomic E-state index is 12.1. The number of hydrogen-bond donors (Lipinski definition) is 1. The first-order valence-electron chi connectivity index (χ1n) is 6.78. The molecule has 0 aromatic carbocycles. The van der Waals surface area contributed by atoms with E-state index in [0.29, 0.717) is 6.54 Å². The van der Waals surface area contributed by atoms with Crippen molar-refractivity contribution in [3.8, 4) is 0 Å². The molecule has 0 bridgehead atoms. The molecule has 0 radical (unpaired) electrons. The quantitative estimate of drug-likeness (QED) is 0.812. The second-order valence-corrected chi connectivity index (χ2v) is 4.80. The minimum Gasteiger partial charge on any atom is -0.468 e. The maximum atomic E-state index is 12.1. The highest BCUT2D eigenvalue weighted by Gasteiger charge is 2.26. The molecule has 5 nitrogen and oxygen atoms in total. The summed E-state index contributed by atoms with van der Waals surface area (Å²) in [6.45, 7) is 7.69. The number of carbonyl (C=O) groups is 1. The fourth-order valence-electron chi connectivity index (χ4n) is 2.33. The van der Waals surface area contributed by atoms with Crippen LogP contribution in [0.5, 0.6) is 0 Å². The molecule has 5 heteroatoms. The minimum absolute atomic E-state index is 0.0884. The van der Waals surface area contributed by atoms with E-state index >= 15 is 0 Å². The maximum Gasteiger partial charge on any atom is 0.236 e. The summed E-state index contributed by atoms with van der Waals surface area (Å²) in [4.78, 5) is 15.9. The molecule has 0 saturated heterocycles. The molecule has 0 aliphatic carbocycles. The number of likely N-dealkylation sites (N-methyl/N-ethyl adjacent to an activating group) is 2. The summed E-state index contributed by atoms with van der Waals surface area (Å²) in [5.41, 5.74) is 6.02. The van der Waals surface area contributed by atoms with Gasteiger partial charge < -0.3 is 15.1 Å². The van der Waals surface area contributed by atoms with Crippen molar-refractivity contribution in [2.45, 2.75) is 32.9 Å². The van der Waals surface area contributed by atoms with Crippen LogP contribution in [0.25, 0.3) is 0 Å². The lowest BCUT2D eigenvalue weighted by atomic mass is 10.1. The van der Waals surface area contributed by atoms with Crippen molar-refractivity contribution in [2.75, 3.05) is 26.7 Å². The average Bonchev–Trinajstić information content (AvgIpc) is 2.83. The molecule has 0 saturated carbocycles. The Bertz CT molecular complexity index is 372. The van der Waals surface area contributed by atoms with E-state index in [-0.39, 0.29) is 18.0 Å². The van der Waals surface area contributed by atoms with E-state index < -0.39 is 0 Å². The Morgan fingerprint density at radius 2 is 2.05 bits per heavy atom. The smallest absolute Gasteiger partial charge is 0.236 e. The number of nitrogens with zero attached hydrogens (tertiary/aromatic N) is 2. The highest BCUT2D eigenvalue weighted by atomic mass is 16.3. The van der Waals surface area contributed by atoms with Crippen molar-refractivity contribution in [1.29, 1.82) is 0 Å². The van der Waals surface area contributed by atoms with Gasteiger partial charge in [-0.3, -0.25) is 9.69 Å². The Balaban J connectivity index is 2.73. The number of nitrogens with two attached hydrogens (primary N) is 1. The highest BCUT2D eigenvalue weighted by molar-refractivity contribution is 5.78. The van der Waals surface area contributed by atoms with Crippen LogP contribution >= 0.6 is 0 Å². The first kappa shape index (κ1) is 15.7. The summed E-state index contributed by atoms with van der Waals surface area (Å²) in [7, 11) is 1.90. The number of rotatable bonds is 7. The average molecular weight is 267 g/mol. The molecular weight excluding hydrogens is 242 g/mol. The van der Waals surface area contributed by atoms with E-state index in [2.05, 4.69) is 0 Å². The van der Waals surface area contributed by atoms with E-state index in [1.54, 1.807) is 6.26 Å². The summed E-state index contributed by atoms with van der Waals surface area (Å²) in [6.07, 6.45) is 1.63. The number of carbonyl (C=O) groups excluding carboxylic acids is 1. The van der Waals surface area contributed by atoms with Crippen LogP contribution in [0.1, 0.15) is 32.6 Å². The zero-order valence-electron chi connectivity index (χ0n) is 12.3. The van der Waals surface area contributed by atoms with Crippen LogP contribution in [0.15, 0.2) is 22.8 Å². The van der Waals surface area contributed by atoms with Gasteiger partial charge in [-0.25, -0.2) is 0 Å². The molecule has 0 spiro atoms. The molecule has 19 heavy (non-hydrogen) atoms. The van der Waals surface area contributed by atoms with Gasteiger partial charge in [-0.15, -0.1) is 0 Å². The monoisotopic (exact) mass is 267 g/mol. The molecule has 0 fully saturated rings. The molecular formula is C14H25N3O2. The van der Waals surface area contributed by atoms with Gasteiger partial charge in [0.1, 0.15) is 5.76 Å². The summed E-state index contributed by atoms with van der Waals surface area (Å²) >= 11 is 0. The second kappa shape index (κ2) is 7.31. The van der Waals surface area contributed by atoms with Gasteiger partial charge in [0.25, 0.3) is 0 Å². The fourth-order valence-corrected chi connectivity index (χ4v) is 2.33. The lowest BCUT2D eigenvalue weighted by Gasteiger charge is -2.30. The van der Waals surface area contributed by atoms with Gasteiger partial charge in [-0.1, -0.05) is 0 Å². The summed E-state index contributed by atoms with van der Waals surface area (Å²) in [6, 6.07) is 3.53. The van der Waals surface area contributed by atoms with Crippen LogP contribution in [0.3, 0.4) is 0 Å². The third-order valence-corrected chi connectivity index (χ3v) is 3.31. The molecule has 108 valence electrons. The molecule has 0 aliphatic rings. The van der Waals surface area contributed by atoms with Crippen LogP contribution in [-0.2, 0) is 4.79 Å². The van der Waals surface area contributed by atoms with Gasteiger partial charge in [-0.05, 0) is 40.0 Å². The van der Waals surface area contributed by atoms with Crippen LogP contribution in [0.2, 0.25) is 0 Å². The molecule has 1 aromatic heterocycles. The zero-order chi connectivity index (χ0) is 14.4. The normalized spacial score (nSPS) is 14.4. The predicted molar refractivity (Wildman–Crippen MR) is 75.7 cm³/mol. The van der Waals surface area contributed by atoms with Crippen molar-refractivity contribution in [3.63, 3.8) is 0 Å². The third-order valence-electron chi connectivity index (χ3n) is 3.31. The van der Waals surface area contributed by atoms with Gasteiger partial charge in [-0.2, -0.15) is 0 Å². The Morgan fingerprint density at radius 3 is 2.47 bits per heavy atom. The first-order chi connectivity index (χ1) is 9.01. The first-order valence-corrected chi connectivity index (χ1v) is 6.78. The van der Waals surface area contributed by atoms with Gasteiger partial charge in [0, 0.05) is 19.1 Å². The molecule has 1 aromatic rings. The third kappa shape index (κ3) is 4.08. The number of hydrogen-bond acceptors (Lipinski definition) is 4. The SMILES string of the molecule is CCN(CC)C(=O)CN(C)C(c1ccco1)C(C)N. The van der Waals surface area contributed by atoms with Gasteiger partial charge >= 0.3 is 0 Å². The van der Waals surface area contributed by atoms with Crippen LogP contribution in [-0.4, -0.2) is 48.4 Å². The Labute approximate surface area is 115 Å². The second-order valence-electron chi connectivity index (χ2n) is 4.80. The summed E-state index contributed by atoms with van der Waals surface area (Å²) in [5.74, 6) is 0.912. The molecule has 2 N–H and O–H groups in total. The van der Waals surface area contributed by atoms with Crippen LogP contribution in [0.4, 0.5) is 0 Å². The number of furan rings is 1. The molecule has 1 heterocycles. The lowest BCUT2D eigenvalue weighted by molar-refractivity contribution is -0.132. The van der Waals surface area contributed by atoms with Crippen molar-refractivity contribution in [2.24, 2.45) is 5.73 Å². The molecule has 1 rings (SSSR count). The van der Waals surface area contributed by atoms with Crippen molar-refractivity contribution < 1.29 is 9.21 Å². The van der Waals surface area contributed by atoms with Gasteiger partial charge in [0.05, 0.1) is 18.8 Å². The Morgan fingerprint density at radius 1 is 1.42 bits per heavy atom. The van der Waals surface area contributed by atoms with Gasteiger partial charge in [0.15, 0.2) is 0 Å². The van der Waals surface area contributed by atoms with E-state index in [1.807, 2.05) is 49.8 Å². The minimum atomic E-state index is -0.111. The van der Waals surface area contributed by atoms with Crippen molar-refractivity contribution in [1.82, 2.24) is 9.80 Å². The van der Waals surface area contributed by atoms with Crippen LogP contribution < -0.4 is 5.73 Å². The van der Waals surface area contributed by atoms with Crippen molar-refractivity contribution >= 4 is 5.91 Å². The van der Waals surface area contributed by atoms with Crippen molar-refractivity contribution in [3.05, 3.63) is 24.2 Å². The highest BCUT2D eigenvalue weighted by Crippen LogP contribution is 2.22. The van der Waals surface area contributed by atoms with E-state index in [4.69, 9.17) is 10.2 Å². The predicted octanol–water partition coefficient (Wildman–Crippen LogP) is 1.47. The molecule has 0 aliphatic heterocycles. The zero-order valence-corrected chi connectivity index (χ0v) is 12.3. The summed E-state index contributed by atoms with van der Waals surface area (Å²) < 4.78 is 5.43. The largest absolute Gasteiger partial charge is 0.468 e. The molecule has 2 unspecified atom stereocenters. The van der Waals surface area contributed by atoms with E-state index in [9.17, 15) is 4.79 Å². The standard InChI is InChI=1S/C14H25N3O2/c1-5-17(6-2)13(18)10-16(4)14(11(3)15)12-8-7-9-19-12/h7-9,11,14H,5-6,10,15H2,1-4H3. The Hall–Kier alpha value is -1.33. The Kier molecular flexibility index (Phi) is 6.05. The lowest BCUT2D eigenvalue weighted by Crippen LogP contribution is -2.44. The number of amides is 1. The molecule has 2 atom stereocenters. The van der Waals surface area contributed by atoms with E-state index in [0.717, 1.165) is 18.8 Å². The van der Waals surface area contributed by atoms with Crippen LogP contribution in [0, 0.1) is 0 Å². The topological polar surface area (TPSA) is 62.7 Å². The van der Waals surface area contributed by atoms with Gasteiger partial charge in [0.2, 0.25) is 5.91 Å². The molecule has 1 amide bonds.